The molecule has 2 rings (SSSR count). The Bertz CT molecular complexity index is 703. The van der Waals surface area contributed by atoms with Crippen molar-refractivity contribution in [1.82, 2.24) is 5.16 Å². The number of hydrogen-bond donors (Lipinski definition) is 2. The molecule has 0 aliphatic carbocycles. The maximum absolute atomic E-state index is 10.8. The molecule has 1 aromatic carbocycles. The van der Waals surface area contributed by atoms with Crippen LogP contribution >= 0.6 is 0 Å². The van der Waals surface area contributed by atoms with Crippen LogP contribution in [-0.4, -0.2) is 21.2 Å². The molecule has 0 radical (unpaired) electrons. The van der Waals surface area contributed by atoms with E-state index in [1.807, 2.05) is 0 Å². The Kier molecular flexibility index (Phi) is 3.98. The lowest BCUT2D eigenvalue weighted by molar-refractivity contribution is -0.386. The highest BCUT2D eigenvalue weighted by Gasteiger charge is 2.21. The molecular weight excluding hydrogens is 278 g/mol. The van der Waals surface area contributed by atoms with Gasteiger partial charge < -0.3 is 14.9 Å². The normalized spacial score (nSPS) is 10.7. The highest BCUT2D eigenvalue weighted by molar-refractivity contribution is 5.88. The Balaban J connectivity index is 2.09. The van der Waals surface area contributed by atoms with E-state index in [-0.39, 0.29) is 22.7 Å². The number of aromatic carboxylic acids is 1. The third-order valence-electron chi connectivity index (χ3n) is 2.66. The molecule has 0 fully saturated rings. The van der Waals surface area contributed by atoms with E-state index >= 15 is 0 Å². The lowest BCUT2D eigenvalue weighted by Crippen LogP contribution is -1.96. The number of nitrogens with one attached hydrogen (secondary N) is 1. The molecule has 1 heterocycles. The summed E-state index contributed by atoms with van der Waals surface area (Å²) < 4.78 is 4.85. The van der Waals surface area contributed by atoms with Crippen molar-refractivity contribution < 1.29 is 19.3 Å². The molecule has 0 aliphatic rings. The molecule has 0 aliphatic heterocycles. The van der Waals surface area contributed by atoms with Crippen LogP contribution < -0.4 is 5.32 Å². The van der Waals surface area contributed by atoms with E-state index in [2.05, 4.69) is 10.5 Å². The lowest BCUT2D eigenvalue weighted by atomic mass is 10.2. The number of carboxylic acid groups (broad SMARTS) is 1. The zero-order valence-electron chi connectivity index (χ0n) is 10.9. The molecule has 2 aromatic rings. The maximum atomic E-state index is 10.8. The molecule has 21 heavy (non-hydrogen) atoms. The monoisotopic (exact) mass is 289 g/mol. The van der Waals surface area contributed by atoms with E-state index in [0.29, 0.717) is 5.69 Å². The molecule has 0 spiro atoms. The van der Waals surface area contributed by atoms with Crippen molar-refractivity contribution in [3.05, 3.63) is 57.6 Å². The predicted octanol–water partition coefficient (Wildman–Crippen LogP) is 2.67. The van der Waals surface area contributed by atoms with Crippen molar-refractivity contribution >= 4 is 23.4 Å². The fraction of sp³-hybridized carbons (Fsp3) is 0.0769. The second-order valence-electron chi connectivity index (χ2n) is 4.10. The van der Waals surface area contributed by atoms with Crippen molar-refractivity contribution in [2.24, 2.45) is 0 Å². The third-order valence-corrected chi connectivity index (χ3v) is 2.66. The first-order valence-corrected chi connectivity index (χ1v) is 5.86. The molecule has 1 aromatic heterocycles. The van der Waals surface area contributed by atoms with Gasteiger partial charge in [0.1, 0.15) is 0 Å². The number of carboxylic acids is 1. The number of carbonyl (C=O) groups is 1. The first kappa shape index (κ1) is 14.3. The predicted molar refractivity (Wildman–Crippen MR) is 74.0 cm³/mol. The Hall–Kier alpha value is -3.16. The van der Waals surface area contributed by atoms with Gasteiger partial charge in [-0.3, -0.25) is 10.1 Å². The second-order valence-corrected chi connectivity index (χ2v) is 4.10. The van der Waals surface area contributed by atoms with Crippen LogP contribution in [-0.2, 0) is 0 Å². The van der Waals surface area contributed by atoms with Crippen LogP contribution in [0.2, 0.25) is 0 Å². The van der Waals surface area contributed by atoms with Gasteiger partial charge in [0.2, 0.25) is 5.76 Å². The SMILES string of the molecule is Cc1noc(/C=C/Nc2ccc(C(=O)O)cc2)c1[N+](=O)[O-]. The highest BCUT2D eigenvalue weighted by Crippen LogP contribution is 2.23. The fourth-order valence-electron chi connectivity index (χ4n) is 1.64. The van der Waals surface area contributed by atoms with Crippen molar-refractivity contribution in [2.45, 2.75) is 6.92 Å². The minimum absolute atomic E-state index is 0.0344. The van der Waals surface area contributed by atoms with Gasteiger partial charge in [0.05, 0.1) is 10.5 Å². The van der Waals surface area contributed by atoms with Gasteiger partial charge in [-0.1, -0.05) is 5.16 Å². The summed E-state index contributed by atoms with van der Waals surface area (Å²) in [5.41, 5.74) is 0.820. The summed E-state index contributed by atoms with van der Waals surface area (Å²) in [5.74, 6) is -0.975. The Labute approximate surface area is 118 Å². The van der Waals surface area contributed by atoms with Gasteiger partial charge in [-0.25, -0.2) is 4.79 Å². The molecule has 108 valence electrons. The molecule has 0 saturated carbocycles. The summed E-state index contributed by atoms with van der Waals surface area (Å²) in [4.78, 5) is 21.0. The molecule has 8 nitrogen and oxygen atoms in total. The van der Waals surface area contributed by atoms with Crippen LogP contribution in [0.4, 0.5) is 11.4 Å². The average molecular weight is 289 g/mol. The van der Waals surface area contributed by atoms with Gasteiger partial charge >= 0.3 is 11.7 Å². The number of aromatic nitrogens is 1. The van der Waals surface area contributed by atoms with Gasteiger partial charge in [0.25, 0.3) is 0 Å². The van der Waals surface area contributed by atoms with Crippen LogP contribution in [0.25, 0.3) is 6.08 Å². The smallest absolute Gasteiger partial charge is 0.338 e. The van der Waals surface area contributed by atoms with Gasteiger partial charge in [0.15, 0.2) is 5.69 Å². The Morgan fingerprint density at radius 3 is 2.67 bits per heavy atom. The van der Waals surface area contributed by atoms with Crippen molar-refractivity contribution in [3.63, 3.8) is 0 Å². The van der Waals surface area contributed by atoms with Crippen molar-refractivity contribution in [1.29, 1.82) is 0 Å². The van der Waals surface area contributed by atoms with Crippen LogP contribution in [0.1, 0.15) is 21.8 Å². The van der Waals surface area contributed by atoms with Crippen LogP contribution in [0.15, 0.2) is 35.0 Å². The zero-order chi connectivity index (χ0) is 15.4. The third kappa shape index (κ3) is 3.24. The first-order valence-electron chi connectivity index (χ1n) is 5.86. The van der Waals surface area contributed by atoms with Crippen LogP contribution in [0, 0.1) is 17.0 Å². The number of anilines is 1. The number of rotatable bonds is 5. The van der Waals surface area contributed by atoms with E-state index in [4.69, 9.17) is 9.63 Å². The molecule has 0 bridgehead atoms. The number of benzene rings is 1. The Morgan fingerprint density at radius 2 is 2.10 bits per heavy atom. The zero-order valence-corrected chi connectivity index (χ0v) is 10.9. The summed E-state index contributed by atoms with van der Waals surface area (Å²) in [6, 6.07) is 6.04. The highest BCUT2D eigenvalue weighted by atomic mass is 16.6. The minimum Gasteiger partial charge on any atom is -0.478 e. The van der Waals surface area contributed by atoms with Gasteiger partial charge in [0, 0.05) is 18.0 Å². The first-order chi connectivity index (χ1) is 9.99. The van der Waals surface area contributed by atoms with Crippen molar-refractivity contribution in [3.8, 4) is 0 Å². The number of aryl methyl sites for hydroxylation is 1. The number of nitrogens with zero attached hydrogens (tertiary/aromatic N) is 2. The van der Waals surface area contributed by atoms with E-state index in [9.17, 15) is 14.9 Å². The molecule has 8 heteroatoms. The van der Waals surface area contributed by atoms with E-state index < -0.39 is 10.9 Å². The van der Waals surface area contributed by atoms with Gasteiger partial charge in [-0.15, -0.1) is 0 Å². The summed E-state index contributed by atoms with van der Waals surface area (Å²) in [5, 5.41) is 26.0. The Morgan fingerprint density at radius 1 is 1.43 bits per heavy atom. The summed E-state index contributed by atoms with van der Waals surface area (Å²) in [6.45, 7) is 1.48. The average Bonchev–Trinajstić information content (AvgIpc) is 2.80. The van der Waals surface area contributed by atoms with E-state index in [1.165, 1.54) is 31.3 Å². The molecule has 0 amide bonds. The molecule has 0 saturated heterocycles. The summed E-state index contributed by atoms with van der Waals surface area (Å²) in [6.07, 6.45) is 2.83. The topological polar surface area (TPSA) is 118 Å². The number of nitro groups is 1. The lowest BCUT2D eigenvalue weighted by Gasteiger charge is -2.00. The second kappa shape index (κ2) is 5.87. The largest absolute Gasteiger partial charge is 0.478 e. The van der Waals surface area contributed by atoms with E-state index in [1.54, 1.807) is 12.1 Å². The standard InChI is InChI=1S/C13H11N3O5/c1-8-12(16(19)20)11(21-15-8)6-7-14-10-4-2-9(3-5-10)13(17)18/h2-7,14H,1H3,(H,17,18)/b7-6+. The van der Waals surface area contributed by atoms with Crippen LogP contribution in [0.3, 0.4) is 0 Å². The van der Waals surface area contributed by atoms with Crippen molar-refractivity contribution in [2.75, 3.05) is 5.32 Å². The minimum atomic E-state index is -1.01. The van der Waals surface area contributed by atoms with Gasteiger partial charge in [-0.05, 0) is 31.2 Å². The molecule has 0 atom stereocenters. The van der Waals surface area contributed by atoms with Crippen LogP contribution in [0.5, 0.6) is 0 Å². The molecule has 0 unspecified atom stereocenters. The van der Waals surface area contributed by atoms with E-state index in [0.717, 1.165) is 0 Å². The quantitative estimate of drug-likeness (QED) is 0.641. The fourth-order valence-corrected chi connectivity index (χ4v) is 1.64. The van der Waals surface area contributed by atoms with Gasteiger partial charge in [-0.2, -0.15) is 0 Å². The number of hydrogen-bond acceptors (Lipinski definition) is 6. The summed E-state index contributed by atoms with van der Waals surface area (Å²) >= 11 is 0. The molecular formula is C13H11N3O5. The molecule has 2 N–H and O–H groups in total. The summed E-state index contributed by atoms with van der Waals surface area (Å²) in [7, 11) is 0. The maximum Gasteiger partial charge on any atom is 0.338 e.